The van der Waals surface area contributed by atoms with Crippen molar-refractivity contribution in [3.8, 4) is 0 Å². The predicted octanol–water partition coefficient (Wildman–Crippen LogP) is 5.93. The lowest BCUT2D eigenvalue weighted by Gasteiger charge is -2.36. The van der Waals surface area contributed by atoms with Gasteiger partial charge in [0.25, 0.3) is 0 Å². The average molecular weight is 538 g/mol. The largest absolute Gasteiger partial charge is 0.366 e. The molecule has 3 aromatic carbocycles. The van der Waals surface area contributed by atoms with Gasteiger partial charge in [-0.2, -0.15) is 4.31 Å². The van der Waals surface area contributed by atoms with Crippen LogP contribution in [0.5, 0.6) is 0 Å². The molecule has 1 aliphatic heterocycles. The monoisotopic (exact) mass is 537 g/mol. The van der Waals surface area contributed by atoms with Gasteiger partial charge < -0.3 is 10.2 Å². The van der Waals surface area contributed by atoms with Gasteiger partial charge >= 0.3 is 0 Å². The summed E-state index contributed by atoms with van der Waals surface area (Å²) in [6.07, 6.45) is 3.28. The van der Waals surface area contributed by atoms with Crippen LogP contribution in [0.3, 0.4) is 0 Å². The van der Waals surface area contributed by atoms with Crippen LogP contribution >= 0.6 is 11.6 Å². The van der Waals surface area contributed by atoms with Crippen LogP contribution < -0.4 is 10.2 Å². The van der Waals surface area contributed by atoms with Gasteiger partial charge in [-0.3, -0.25) is 4.79 Å². The molecule has 6 nitrogen and oxygen atoms in total. The van der Waals surface area contributed by atoms with Crippen molar-refractivity contribution in [2.24, 2.45) is 0 Å². The van der Waals surface area contributed by atoms with Crippen LogP contribution in [0.2, 0.25) is 5.02 Å². The molecule has 1 N–H and O–H groups in total. The Morgan fingerprint density at radius 3 is 2.22 bits per heavy atom. The molecule has 0 aromatic heterocycles. The Labute approximate surface area is 224 Å². The molecule has 0 radical (unpaired) electrons. The lowest BCUT2D eigenvalue weighted by atomic mass is 10.0. The van der Waals surface area contributed by atoms with Gasteiger partial charge in [0.2, 0.25) is 15.9 Å². The van der Waals surface area contributed by atoms with E-state index < -0.39 is 10.0 Å². The topological polar surface area (TPSA) is 69.7 Å². The number of piperazine rings is 1. The third-order valence-corrected chi connectivity index (χ3v) is 8.71. The maximum atomic E-state index is 13.1. The fourth-order valence-corrected chi connectivity index (χ4v) is 6.00. The minimum Gasteiger partial charge on any atom is -0.366 e. The summed E-state index contributed by atoms with van der Waals surface area (Å²) in [4.78, 5) is 15.0. The van der Waals surface area contributed by atoms with Crippen LogP contribution in [0.4, 0.5) is 11.4 Å². The highest BCUT2D eigenvalue weighted by atomic mass is 35.5. The van der Waals surface area contributed by atoms with Crippen LogP contribution in [0.15, 0.2) is 77.7 Å². The van der Waals surface area contributed by atoms with E-state index >= 15 is 0 Å². The zero-order chi connectivity index (χ0) is 26.6. The Hall–Kier alpha value is -3.13. The molecular formula is C29H32ClN3O3S. The van der Waals surface area contributed by atoms with E-state index in [0.29, 0.717) is 53.4 Å². The van der Waals surface area contributed by atoms with Gasteiger partial charge in [-0.15, -0.1) is 0 Å². The predicted molar refractivity (Wildman–Crippen MR) is 152 cm³/mol. The van der Waals surface area contributed by atoms with Crippen molar-refractivity contribution in [1.29, 1.82) is 0 Å². The number of amides is 1. The zero-order valence-electron chi connectivity index (χ0n) is 21.3. The maximum Gasteiger partial charge on any atom is 0.248 e. The number of benzene rings is 3. The Morgan fingerprint density at radius 2 is 1.59 bits per heavy atom. The van der Waals surface area contributed by atoms with Crippen molar-refractivity contribution >= 4 is 45.0 Å². The van der Waals surface area contributed by atoms with Crippen LogP contribution in [-0.4, -0.2) is 44.8 Å². The summed E-state index contributed by atoms with van der Waals surface area (Å²) in [5.74, 6) is 0.184. The Morgan fingerprint density at radius 1 is 0.946 bits per heavy atom. The summed E-state index contributed by atoms with van der Waals surface area (Å²) >= 11 is 6.55. The van der Waals surface area contributed by atoms with Crippen molar-refractivity contribution in [3.63, 3.8) is 0 Å². The summed E-state index contributed by atoms with van der Waals surface area (Å²) in [6.45, 7) is 7.76. The lowest BCUT2D eigenvalue weighted by Crippen LogP contribution is -2.49. The number of rotatable bonds is 7. The maximum absolute atomic E-state index is 13.1. The SMILES string of the molecule is Cc1ccc(S(=O)(=O)N2CCN(c3c(Cl)cccc3NC(=O)/C=C/c3ccc(C(C)C)cc3)CC2)cc1. The van der Waals surface area contributed by atoms with Gasteiger partial charge in [-0.25, -0.2) is 8.42 Å². The summed E-state index contributed by atoms with van der Waals surface area (Å²) in [7, 11) is -3.57. The molecule has 8 heteroatoms. The molecule has 0 atom stereocenters. The molecular weight excluding hydrogens is 506 g/mol. The van der Waals surface area contributed by atoms with Crippen molar-refractivity contribution in [2.75, 3.05) is 36.4 Å². The first-order valence-electron chi connectivity index (χ1n) is 12.3. The summed E-state index contributed by atoms with van der Waals surface area (Å²) in [6, 6.07) is 20.4. The Kier molecular flexibility index (Phi) is 8.37. The molecule has 0 bridgehead atoms. The fourth-order valence-electron chi connectivity index (χ4n) is 4.29. The van der Waals surface area contributed by atoms with E-state index in [0.717, 1.165) is 11.1 Å². The molecule has 1 aliphatic rings. The number of nitrogens with zero attached hydrogens (tertiary/aromatic N) is 2. The fraction of sp³-hybridized carbons (Fsp3) is 0.276. The molecule has 0 spiro atoms. The number of hydrogen-bond donors (Lipinski definition) is 1. The number of hydrogen-bond acceptors (Lipinski definition) is 4. The molecule has 3 aromatic rings. The summed E-state index contributed by atoms with van der Waals surface area (Å²) < 4.78 is 27.7. The first kappa shape index (κ1) is 26.9. The molecule has 0 saturated carbocycles. The number of anilines is 2. The summed E-state index contributed by atoms with van der Waals surface area (Å²) in [5.41, 5.74) is 4.48. The molecule has 1 saturated heterocycles. The highest BCUT2D eigenvalue weighted by Gasteiger charge is 2.30. The van der Waals surface area contributed by atoms with Gasteiger partial charge in [-0.1, -0.05) is 73.5 Å². The number of aryl methyl sites for hydroxylation is 1. The van der Waals surface area contributed by atoms with E-state index in [2.05, 4.69) is 31.3 Å². The number of para-hydroxylation sites is 1. The highest BCUT2D eigenvalue weighted by molar-refractivity contribution is 7.89. The Bertz CT molecular complexity index is 1380. The third kappa shape index (κ3) is 6.42. The first-order valence-corrected chi connectivity index (χ1v) is 14.2. The number of carbonyl (C=O) groups excluding carboxylic acids is 1. The number of carbonyl (C=O) groups is 1. The number of halogens is 1. The van der Waals surface area contributed by atoms with Crippen LogP contribution in [-0.2, 0) is 14.8 Å². The second kappa shape index (κ2) is 11.5. The van der Waals surface area contributed by atoms with Crippen molar-refractivity contribution in [1.82, 2.24) is 4.31 Å². The molecule has 0 unspecified atom stereocenters. The van der Waals surface area contributed by atoms with Gasteiger partial charge in [0.15, 0.2) is 0 Å². The van der Waals surface area contributed by atoms with E-state index in [1.165, 1.54) is 15.9 Å². The van der Waals surface area contributed by atoms with E-state index in [4.69, 9.17) is 11.6 Å². The first-order chi connectivity index (χ1) is 17.6. The molecule has 194 valence electrons. The second-order valence-electron chi connectivity index (χ2n) is 9.48. The lowest BCUT2D eigenvalue weighted by molar-refractivity contribution is -0.111. The van der Waals surface area contributed by atoms with Crippen molar-refractivity contribution in [3.05, 3.63) is 94.5 Å². The molecule has 37 heavy (non-hydrogen) atoms. The van der Waals surface area contributed by atoms with E-state index in [1.54, 1.807) is 48.5 Å². The normalized spacial score (nSPS) is 14.9. The second-order valence-corrected chi connectivity index (χ2v) is 11.8. The molecule has 1 amide bonds. The van der Waals surface area contributed by atoms with Gasteiger partial charge in [0.05, 0.1) is 21.3 Å². The Balaban J connectivity index is 1.44. The molecule has 4 rings (SSSR count). The quantitative estimate of drug-likeness (QED) is 0.379. The van der Waals surface area contributed by atoms with Gasteiger partial charge in [0.1, 0.15) is 0 Å². The number of sulfonamides is 1. The van der Waals surface area contributed by atoms with Crippen molar-refractivity contribution in [2.45, 2.75) is 31.6 Å². The zero-order valence-corrected chi connectivity index (χ0v) is 22.9. The average Bonchev–Trinajstić information content (AvgIpc) is 2.88. The smallest absolute Gasteiger partial charge is 0.248 e. The van der Waals surface area contributed by atoms with Gasteiger partial charge in [0, 0.05) is 32.3 Å². The minimum absolute atomic E-state index is 0.267. The van der Waals surface area contributed by atoms with E-state index in [-0.39, 0.29) is 5.91 Å². The van der Waals surface area contributed by atoms with Crippen molar-refractivity contribution < 1.29 is 13.2 Å². The highest BCUT2D eigenvalue weighted by Crippen LogP contribution is 2.35. The number of nitrogens with one attached hydrogen (secondary N) is 1. The van der Waals surface area contributed by atoms with Crippen LogP contribution in [0, 0.1) is 6.92 Å². The minimum atomic E-state index is -3.57. The van der Waals surface area contributed by atoms with E-state index in [1.807, 2.05) is 24.0 Å². The van der Waals surface area contributed by atoms with E-state index in [9.17, 15) is 13.2 Å². The molecule has 0 aliphatic carbocycles. The summed E-state index contributed by atoms with van der Waals surface area (Å²) in [5, 5.41) is 3.44. The van der Waals surface area contributed by atoms with Crippen LogP contribution in [0.1, 0.15) is 36.5 Å². The molecule has 1 heterocycles. The standard InChI is InChI=1S/C29H32ClN3O3S/c1-21(2)24-12-9-23(10-13-24)11-16-28(34)31-27-6-4-5-26(30)29(27)32-17-19-33(20-18-32)37(35,36)25-14-7-22(3)8-15-25/h4-16,21H,17-20H2,1-3H3,(H,31,34)/b16-11+. The third-order valence-electron chi connectivity index (χ3n) is 6.49. The van der Waals surface area contributed by atoms with Gasteiger partial charge in [-0.05, 0) is 54.3 Å². The van der Waals surface area contributed by atoms with Crippen LogP contribution in [0.25, 0.3) is 6.08 Å². The molecule has 1 fully saturated rings.